The van der Waals surface area contributed by atoms with E-state index >= 15 is 0 Å². The van der Waals surface area contributed by atoms with Crippen molar-refractivity contribution in [3.63, 3.8) is 0 Å². The van der Waals surface area contributed by atoms with Crippen molar-refractivity contribution in [2.24, 2.45) is 0 Å². The molecule has 344 valence electrons. The van der Waals surface area contributed by atoms with Gasteiger partial charge in [-0.3, -0.25) is 4.57 Å². The molecule has 0 saturated heterocycles. The summed E-state index contributed by atoms with van der Waals surface area (Å²) in [5.74, 6) is 1.82. The summed E-state index contributed by atoms with van der Waals surface area (Å²) in [6.07, 6.45) is 1.60. The summed E-state index contributed by atoms with van der Waals surface area (Å²) in [6.45, 7) is -1.76. The first kappa shape index (κ1) is 38.1. The molecule has 6 heteroatoms. The van der Waals surface area contributed by atoms with E-state index in [0.29, 0.717) is 24.0 Å². The standard InChI is InChI=1S/C67H45N5O/c1-43-37-38-68-63(39-43)71-60-35-36-61-64(53-25-9-8-23-51(53)54-28-16-29-55-52-24-10-11-30-57(52)72(61)67(54)55)65(60)56-34-33-48(41-62(56)71)73-47-22-14-21-46(40-47)69-42-70(59-32-13-12-31-58(59)69)66-49(44-17-4-2-5-18-44)26-15-27-50(66)45-19-6-3-7-20-45/h2-41H,42H2,1H3/i1D3. The minimum absolute atomic E-state index is 0.218. The number of rotatable bonds is 7. The highest BCUT2D eigenvalue weighted by atomic mass is 16.5. The molecule has 0 unspecified atom stereocenters. The summed E-state index contributed by atoms with van der Waals surface area (Å²) in [7, 11) is 0. The Morgan fingerprint density at radius 3 is 1.90 bits per heavy atom. The largest absolute Gasteiger partial charge is 0.457 e. The van der Waals surface area contributed by atoms with Crippen LogP contribution in [-0.4, -0.2) is 20.8 Å². The lowest BCUT2D eigenvalue weighted by atomic mass is 9.91. The molecule has 0 aliphatic carbocycles. The van der Waals surface area contributed by atoms with E-state index in [9.17, 15) is 0 Å². The molecular weight excluding hydrogens is 891 g/mol. The zero-order valence-electron chi connectivity index (χ0n) is 42.4. The molecule has 6 nitrogen and oxygen atoms in total. The van der Waals surface area contributed by atoms with E-state index in [1.165, 1.54) is 21.9 Å². The van der Waals surface area contributed by atoms with Gasteiger partial charge in [-0.2, -0.15) is 0 Å². The molecule has 0 fully saturated rings. The summed E-state index contributed by atoms with van der Waals surface area (Å²) in [6, 6.07) is 82.7. The maximum Gasteiger partial charge on any atom is 0.137 e. The van der Waals surface area contributed by atoms with Crippen LogP contribution < -0.4 is 14.5 Å². The number of hydrogen-bond acceptors (Lipinski definition) is 4. The van der Waals surface area contributed by atoms with Crippen LogP contribution in [0.1, 0.15) is 9.68 Å². The predicted molar refractivity (Wildman–Crippen MR) is 301 cm³/mol. The Bertz CT molecular complexity index is 4430. The Morgan fingerprint density at radius 2 is 1.10 bits per heavy atom. The van der Waals surface area contributed by atoms with E-state index in [1.807, 2.05) is 12.1 Å². The molecule has 2 aliphatic rings. The van der Waals surface area contributed by atoms with E-state index in [1.54, 1.807) is 18.3 Å². The minimum Gasteiger partial charge on any atom is -0.457 e. The number of aryl methyl sites for hydroxylation is 1. The lowest BCUT2D eigenvalue weighted by molar-refractivity contribution is 0.483. The van der Waals surface area contributed by atoms with Crippen LogP contribution in [0.5, 0.6) is 11.5 Å². The van der Waals surface area contributed by atoms with Gasteiger partial charge in [0.25, 0.3) is 0 Å². The van der Waals surface area contributed by atoms with E-state index in [-0.39, 0.29) is 5.56 Å². The van der Waals surface area contributed by atoms with Gasteiger partial charge in [0.1, 0.15) is 24.0 Å². The van der Waals surface area contributed by atoms with Crippen LogP contribution in [0.3, 0.4) is 0 Å². The first-order valence-electron chi connectivity index (χ1n) is 26.2. The van der Waals surface area contributed by atoms with Crippen LogP contribution in [0.4, 0.5) is 22.7 Å². The number of aromatic nitrogens is 3. The van der Waals surface area contributed by atoms with Gasteiger partial charge in [0.15, 0.2) is 0 Å². The third kappa shape index (κ3) is 6.33. The second-order valence-corrected chi connectivity index (χ2v) is 18.9. The van der Waals surface area contributed by atoms with Crippen molar-refractivity contribution in [3.8, 4) is 67.5 Å². The summed E-state index contributed by atoms with van der Waals surface area (Å²) < 4.78 is 36.7. The highest BCUT2D eigenvalue weighted by Crippen LogP contribution is 2.53. The van der Waals surface area contributed by atoms with Crippen LogP contribution in [-0.2, 0) is 0 Å². The average molecular weight is 939 g/mol. The molecule has 0 spiro atoms. The second kappa shape index (κ2) is 16.2. The maximum absolute atomic E-state index is 8.41. The van der Waals surface area contributed by atoms with Gasteiger partial charge < -0.3 is 19.1 Å². The van der Waals surface area contributed by atoms with Crippen molar-refractivity contribution in [2.45, 2.75) is 6.85 Å². The Hall–Kier alpha value is -9.65. The summed E-state index contributed by atoms with van der Waals surface area (Å²) >= 11 is 0. The molecule has 0 saturated carbocycles. The third-order valence-electron chi connectivity index (χ3n) is 14.9. The van der Waals surface area contributed by atoms with E-state index in [0.717, 1.165) is 94.7 Å². The molecule has 0 bridgehead atoms. The van der Waals surface area contributed by atoms with Crippen molar-refractivity contribution < 1.29 is 8.85 Å². The zero-order valence-corrected chi connectivity index (χ0v) is 39.4. The number of anilines is 4. The van der Waals surface area contributed by atoms with E-state index in [4.69, 9.17) is 13.8 Å². The normalized spacial score (nSPS) is 13.4. The highest BCUT2D eigenvalue weighted by Gasteiger charge is 2.32. The van der Waals surface area contributed by atoms with E-state index < -0.39 is 6.85 Å². The average Bonchev–Trinajstić information content (AvgIpc) is 4.32. The molecule has 73 heavy (non-hydrogen) atoms. The fourth-order valence-electron chi connectivity index (χ4n) is 11.8. The molecule has 0 N–H and O–H groups in total. The second-order valence-electron chi connectivity index (χ2n) is 18.9. The number of ether oxygens (including phenoxy) is 1. The predicted octanol–water partition coefficient (Wildman–Crippen LogP) is 17.6. The number of hydrogen-bond donors (Lipinski definition) is 0. The molecule has 0 amide bonds. The SMILES string of the molecule is [2H]C([2H])([2H])c1ccnc(-n2c3cc(Oc4cccc(N5CN(c6c(-c7ccccc7)cccc6-c6ccccc6)c6ccccc65)c4)ccc3c3c4c(ccc32)-n2c3ccccc3c3cccc(c32)-c2ccccc2-4)c1. The van der Waals surface area contributed by atoms with Crippen LogP contribution >= 0.6 is 0 Å². The van der Waals surface area contributed by atoms with Crippen LogP contribution in [0.25, 0.3) is 99.6 Å². The van der Waals surface area contributed by atoms with Gasteiger partial charge in [-0.05, 0) is 101 Å². The number of benzene rings is 10. The topological polar surface area (TPSA) is 38.5 Å². The lowest BCUT2D eigenvalue weighted by Gasteiger charge is -2.27. The Balaban J connectivity index is 0.880. The molecule has 0 atom stereocenters. The maximum atomic E-state index is 8.41. The van der Waals surface area contributed by atoms with Crippen LogP contribution in [0.2, 0.25) is 0 Å². The quantitative estimate of drug-likeness (QED) is 0.160. The first-order chi connectivity index (χ1) is 37.4. The van der Waals surface area contributed by atoms with Crippen molar-refractivity contribution in [3.05, 3.63) is 248 Å². The number of nitrogens with zero attached hydrogens (tertiary/aromatic N) is 5. The van der Waals surface area contributed by atoms with Gasteiger partial charge in [-0.25, -0.2) is 4.98 Å². The molecular formula is C67H45N5O. The van der Waals surface area contributed by atoms with Gasteiger partial charge in [0.05, 0.1) is 44.8 Å². The first-order valence-corrected chi connectivity index (χ1v) is 24.7. The van der Waals surface area contributed by atoms with Gasteiger partial charge in [0.2, 0.25) is 0 Å². The number of pyridine rings is 1. The lowest BCUT2D eigenvalue weighted by Crippen LogP contribution is -2.24. The Morgan fingerprint density at radius 1 is 0.438 bits per heavy atom. The highest BCUT2D eigenvalue weighted by molar-refractivity contribution is 6.23. The van der Waals surface area contributed by atoms with Gasteiger partial charge in [0, 0.05) is 71.9 Å². The number of para-hydroxylation sites is 5. The van der Waals surface area contributed by atoms with Crippen molar-refractivity contribution in [1.82, 2.24) is 14.1 Å². The van der Waals surface area contributed by atoms with Crippen LogP contribution in [0, 0.1) is 6.85 Å². The molecule has 5 heterocycles. The van der Waals surface area contributed by atoms with Gasteiger partial charge in [-0.1, -0.05) is 158 Å². The Labute approximate surface area is 426 Å². The van der Waals surface area contributed by atoms with Gasteiger partial charge in [-0.15, -0.1) is 0 Å². The third-order valence-corrected chi connectivity index (χ3v) is 14.9. The fourth-order valence-corrected chi connectivity index (χ4v) is 11.8. The fraction of sp³-hybridized carbons (Fsp3) is 0.0299. The van der Waals surface area contributed by atoms with Crippen LogP contribution in [0.15, 0.2) is 243 Å². The summed E-state index contributed by atoms with van der Waals surface area (Å²) in [5.41, 5.74) is 18.8. The summed E-state index contributed by atoms with van der Waals surface area (Å²) in [5, 5.41) is 4.42. The zero-order chi connectivity index (χ0) is 50.6. The molecule has 15 rings (SSSR count). The van der Waals surface area contributed by atoms with Crippen molar-refractivity contribution >= 4 is 66.4 Å². The van der Waals surface area contributed by atoms with Crippen molar-refractivity contribution in [1.29, 1.82) is 0 Å². The smallest absolute Gasteiger partial charge is 0.137 e. The molecule has 3 aromatic heterocycles. The summed E-state index contributed by atoms with van der Waals surface area (Å²) in [4.78, 5) is 9.68. The monoisotopic (exact) mass is 938 g/mol. The van der Waals surface area contributed by atoms with Crippen molar-refractivity contribution in [2.75, 3.05) is 16.5 Å². The molecule has 2 aliphatic heterocycles. The van der Waals surface area contributed by atoms with E-state index in [2.05, 4.69) is 231 Å². The number of fused-ring (bicyclic) bond motifs is 13. The molecule has 13 aromatic rings. The molecule has 0 radical (unpaired) electrons. The Kier molecular flexibility index (Phi) is 8.47. The van der Waals surface area contributed by atoms with Gasteiger partial charge >= 0.3 is 0 Å². The molecule has 10 aromatic carbocycles. The minimum atomic E-state index is -2.33.